The van der Waals surface area contributed by atoms with Gasteiger partial charge in [-0.05, 0) is 30.0 Å². The van der Waals surface area contributed by atoms with E-state index in [1.54, 1.807) is 18.2 Å². The predicted molar refractivity (Wildman–Crippen MR) is 85.8 cm³/mol. The summed E-state index contributed by atoms with van der Waals surface area (Å²) in [5.74, 6) is 0.353. The van der Waals surface area contributed by atoms with Gasteiger partial charge in [-0.15, -0.1) is 0 Å². The quantitative estimate of drug-likeness (QED) is 0.877. The topological polar surface area (TPSA) is 72.6 Å². The molecule has 1 saturated heterocycles. The van der Waals surface area contributed by atoms with Crippen LogP contribution in [0.5, 0.6) is 5.75 Å². The Balaban J connectivity index is 2.41. The number of methoxy groups -OCH3 is 1. The number of ether oxygens (including phenoxy) is 1. The van der Waals surface area contributed by atoms with E-state index in [9.17, 15) is 8.42 Å². The summed E-state index contributed by atoms with van der Waals surface area (Å²) < 4.78 is 33.2. The number of nitrogens with two attached hydrogens (primary N) is 1. The van der Waals surface area contributed by atoms with E-state index in [2.05, 4.69) is 15.9 Å². The first-order chi connectivity index (χ1) is 9.68. The number of nitrogens with zero attached hydrogens (tertiary/aromatic N) is 1. The summed E-state index contributed by atoms with van der Waals surface area (Å²) in [5, 5.41) is 0. The minimum Gasteiger partial charge on any atom is -0.495 e. The molecule has 1 unspecified atom stereocenters. The summed E-state index contributed by atoms with van der Waals surface area (Å²) in [4.78, 5) is 0.186. The number of halogens is 1. The van der Waals surface area contributed by atoms with Gasteiger partial charge in [0, 0.05) is 23.6 Å². The van der Waals surface area contributed by atoms with Gasteiger partial charge in [-0.3, -0.25) is 0 Å². The summed E-state index contributed by atoms with van der Waals surface area (Å²) in [6.45, 7) is 4.84. The molecule has 21 heavy (non-hydrogen) atoms. The highest BCUT2D eigenvalue weighted by atomic mass is 79.9. The molecule has 0 saturated carbocycles. The van der Waals surface area contributed by atoms with Crippen LogP contribution in [0, 0.1) is 5.41 Å². The van der Waals surface area contributed by atoms with Crippen LogP contribution < -0.4 is 10.5 Å². The van der Waals surface area contributed by atoms with Crippen LogP contribution >= 0.6 is 15.9 Å². The smallest absolute Gasteiger partial charge is 0.246 e. The molecular weight excluding hydrogens is 356 g/mol. The van der Waals surface area contributed by atoms with E-state index in [0.717, 1.165) is 0 Å². The Hall–Kier alpha value is -0.630. The van der Waals surface area contributed by atoms with Crippen molar-refractivity contribution in [2.75, 3.05) is 20.2 Å². The third-order valence-electron chi connectivity index (χ3n) is 4.02. The standard InChI is InChI=1S/C14H21BrN2O3S/c1-14(2)9-17(7-6-13(14)16)21(18,19)12-8-10(15)4-5-11(12)20-3/h4-5,8,13H,6-7,9,16H2,1-3H3. The Bertz CT molecular complexity index is 631. The second kappa shape index (κ2) is 5.87. The molecule has 0 aromatic heterocycles. The van der Waals surface area contributed by atoms with Gasteiger partial charge in [0.2, 0.25) is 10.0 Å². The molecule has 1 aliphatic heterocycles. The lowest BCUT2D eigenvalue weighted by Gasteiger charge is -2.41. The van der Waals surface area contributed by atoms with Crippen LogP contribution in [0.3, 0.4) is 0 Å². The van der Waals surface area contributed by atoms with Crippen molar-refractivity contribution in [1.82, 2.24) is 4.31 Å². The van der Waals surface area contributed by atoms with Gasteiger partial charge in [0.25, 0.3) is 0 Å². The molecule has 7 heteroatoms. The lowest BCUT2D eigenvalue weighted by molar-refractivity contribution is 0.155. The van der Waals surface area contributed by atoms with E-state index in [1.165, 1.54) is 11.4 Å². The third kappa shape index (κ3) is 3.26. The maximum Gasteiger partial charge on any atom is 0.246 e. The first kappa shape index (κ1) is 16.7. The Morgan fingerprint density at radius 3 is 2.67 bits per heavy atom. The zero-order valence-corrected chi connectivity index (χ0v) is 14.9. The maximum absolute atomic E-state index is 12.9. The molecule has 1 aliphatic rings. The fourth-order valence-corrected chi connectivity index (χ4v) is 4.84. The summed E-state index contributed by atoms with van der Waals surface area (Å²) in [7, 11) is -2.13. The van der Waals surface area contributed by atoms with Gasteiger partial charge in [0.1, 0.15) is 10.6 Å². The number of sulfonamides is 1. The van der Waals surface area contributed by atoms with Crippen LogP contribution in [0.15, 0.2) is 27.6 Å². The largest absolute Gasteiger partial charge is 0.495 e. The summed E-state index contributed by atoms with van der Waals surface area (Å²) in [6, 6.07) is 5.00. The zero-order chi connectivity index (χ0) is 15.8. The maximum atomic E-state index is 12.9. The van der Waals surface area contributed by atoms with Gasteiger partial charge in [-0.2, -0.15) is 4.31 Å². The van der Waals surface area contributed by atoms with Crippen LogP contribution in [0.1, 0.15) is 20.3 Å². The minimum atomic E-state index is -3.60. The van der Waals surface area contributed by atoms with Crippen molar-refractivity contribution < 1.29 is 13.2 Å². The highest BCUT2D eigenvalue weighted by Gasteiger charge is 2.39. The first-order valence-electron chi connectivity index (χ1n) is 6.78. The Labute approximate surface area is 134 Å². The van der Waals surface area contributed by atoms with Gasteiger partial charge < -0.3 is 10.5 Å². The van der Waals surface area contributed by atoms with E-state index < -0.39 is 10.0 Å². The summed E-state index contributed by atoms with van der Waals surface area (Å²) >= 11 is 3.32. The van der Waals surface area contributed by atoms with Crippen LogP contribution in [0.25, 0.3) is 0 Å². The van der Waals surface area contributed by atoms with Gasteiger partial charge in [-0.25, -0.2) is 8.42 Å². The van der Waals surface area contributed by atoms with Crippen molar-refractivity contribution in [3.63, 3.8) is 0 Å². The molecule has 0 spiro atoms. The van der Waals surface area contributed by atoms with Gasteiger partial charge in [-0.1, -0.05) is 29.8 Å². The number of piperidine rings is 1. The fourth-order valence-electron chi connectivity index (χ4n) is 2.52. The molecule has 0 aliphatic carbocycles. The molecule has 2 N–H and O–H groups in total. The SMILES string of the molecule is COc1ccc(Br)cc1S(=O)(=O)N1CCC(N)C(C)(C)C1. The van der Waals surface area contributed by atoms with E-state index in [4.69, 9.17) is 10.5 Å². The number of rotatable bonds is 3. The van der Waals surface area contributed by atoms with Crippen molar-refractivity contribution in [1.29, 1.82) is 0 Å². The van der Waals surface area contributed by atoms with Gasteiger partial charge in [0.15, 0.2) is 0 Å². The predicted octanol–water partition coefficient (Wildman–Crippen LogP) is 2.21. The molecule has 1 aromatic carbocycles. The number of hydrogen-bond donors (Lipinski definition) is 1. The van der Waals surface area contributed by atoms with Crippen LogP contribution in [-0.4, -0.2) is 39.0 Å². The van der Waals surface area contributed by atoms with Crippen molar-refractivity contribution in [3.8, 4) is 5.75 Å². The molecule has 1 aromatic rings. The molecule has 5 nitrogen and oxygen atoms in total. The minimum absolute atomic E-state index is 0.00774. The molecular formula is C14H21BrN2O3S. The Morgan fingerprint density at radius 2 is 2.10 bits per heavy atom. The average Bonchev–Trinajstić information content (AvgIpc) is 2.41. The first-order valence-corrected chi connectivity index (χ1v) is 9.01. The zero-order valence-electron chi connectivity index (χ0n) is 12.5. The molecule has 0 radical (unpaired) electrons. The van der Waals surface area contributed by atoms with Gasteiger partial charge in [0.05, 0.1) is 7.11 Å². The normalized spacial score (nSPS) is 23.0. The second-order valence-corrected chi connectivity index (χ2v) is 8.84. The average molecular weight is 377 g/mol. The fraction of sp³-hybridized carbons (Fsp3) is 0.571. The third-order valence-corrected chi connectivity index (χ3v) is 6.38. The van der Waals surface area contributed by atoms with Crippen molar-refractivity contribution >= 4 is 26.0 Å². The van der Waals surface area contributed by atoms with Gasteiger partial charge >= 0.3 is 0 Å². The summed E-state index contributed by atoms with van der Waals surface area (Å²) in [5.41, 5.74) is 5.84. The monoisotopic (exact) mass is 376 g/mol. The molecule has 1 atom stereocenters. The molecule has 2 rings (SSSR count). The van der Waals surface area contributed by atoms with E-state index in [0.29, 0.717) is 29.7 Å². The summed E-state index contributed by atoms with van der Waals surface area (Å²) in [6.07, 6.45) is 0.655. The van der Waals surface area contributed by atoms with E-state index in [1.807, 2.05) is 13.8 Å². The second-order valence-electron chi connectivity index (χ2n) is 6.02. The Kier molecular flexibility index (Phi) is 4.68. The molecule has 1 fully saturated rings. The molecule has 118 valence electrons. The number of benzene rings is 1. The van der Waals surface area contributed by atoms with Crippen LogP contribution in [0.2, 0.25) is 0 Å². The highest BCUT2D eigenvalue weighted by molar-refractivity contribution is 9.10. The van der Waals surface area contributed by atoms with Crippen molar-refractivity contribution in [2.24, 2.45) is 11.1 Å². The van der Waals surface area contributed by atoms with Crippen LogP contribution in [0.4, 0.5) is 0 Å². The lowest BCUT2D eigenvalue weighted by Crippen LogP contribution is -2.53. The highest BCUT2D eigenvalue weighted by Crippen LogP contribution is 2.35. The lowest BCUT2D eigenvalue weighted by atomic mass is 9.81. The van der Waals surface area contributed by atoms with E-state index >= 15 is 0 Å². The number of hydrogen-bond acceptors (Lipinski definition) is 4. The molecule has 0 bridgehead atoms. The Morgan fingerprint density at radius 1 is 1.43 bits per heavy atom. The molecule has 1 heterocycles. The molecule has 0 amide bonds. The van der Waals surface area contributed by atoms with Crippen molar-refractivity contribution in [3.05, 3.63) is 22.7 Å². The van der Waals surface area contributed by atoms with Crippen LogP contribution in [-0.2, 0) is 10.0 Å². The van der Waals surface area contributed by atoms with Crippen molar-refractivity contribution in [2.45, 2.75) is 31.2 Å². The van der Waals surface area contributed by atoms with E-state index in [-0.39, 0.29) is 16.4 Å².